The first-order valence-corrected chi connectivity index (χ1v) is 13.3. The summed E-state index contributed by atoms with van der Waals surface area (Å²) in [5.74, 6) is -0.493. The van der Waals surface area contributed by atoms with Crippen molar-refractivity contribution >= 4 is 55.9 Å². The predicted molar refractivity (Wildman–Crippen MR) is 139 cm³/mol. The molecule has 0 aliphatic carbocycles. The van der Waals surface area contributed by atoms with Gasteiger partial charge in [0.15, 0.2) is 5.16 Å². The lowest BCUT2D eigenvalue weighted by Crippen LogP contribution is -2.35. The van der Waals surface area contributed by atoms with Crippen LogP contribution in [-0.4, -0.2) is 29.7 Å². The lowest BCUT2D eigenvalue weighted by atomic mass is 10.2. The Kier molecular flexibility index (Phi) is 7.15. The highest BCUT2D eigenvalue weighted by atomic mass is 35.5. The Morgan fingerprint density at radius 1 is 1.06 bits per heavy atom. The van der Waals surface area contributed by atoms with Crippen LogP contribution in [0.1, 0.15) is 11.1 Å². The third kappa shape index (κ3) is 5.67. The van der Waals surface area contributed by atoms with Crippen molar-refractivity contribution in [3.8, 4) is 0 Å². The molecule has 4 rings (SSSR count). The van der Waals surface area contributed by atoms with Gasteiger partial charge in [-0.3, -0.25) is 9.59 Å². The van der Waals surface area contributed by atoms with Crippen molar-refractivity contribution in [1.29, 1.82) is 0 Å². The minimum atomic E-state index is -4.10. The van der Waals surface area contributed by atoms with Gasteiger partial charge in [-0.15, -0.1) is 0 Å². The molecule has 11 heteroatoms. The zero-order valence-electron chi connectivity index (χ0n) is 18.8. The van der Waals surface area contributed by atoms with E-state index in [1.54, 1.807) is 54.6 Å². The smallest absolute Gasteiger partial charge is 0.281 e. The number of para-hydroxylation sites is 1. The van der Waals surface area contributed by atoms with E-state index in [2.05, 4.69) is 15.1 Å². The second-order valence-electron chi connectivity index (χ2n) is 7.76. The summed E-state index contributed by atoms with van der Waals surface area (Å²) in [6, 6.07) is 18.0. The quantitative estimate of drug-likeness (QED) is 0.273. The molecule has 4 aromatic rings. The van der Waals surface area contributed by atoms with Crippen LogP contribution in [0.15, 0.2) is 81.6 Å². The SMILES string of the molecule is Cc1ccc(S(=O)(=O)Nn2c(SCC(=O)Nc3ccc(C)c(Cl)c3)nc3ccccc3c2=O)cc1. The maximum atomic E-state index is 13.2. The molecule has 1 heterocycles. The summed E-state index contributed by atoms with van der Waals surface area (Å²) >= 11 is 7.04. The van der Waals surface area contributed by atoms with Crippen LogP contribution >= 0.6 is 23.4 Å². The normalized spacial score (nSPS) is 11.4. The van der Waals surface area contributed by atoms with Crippen LogP contribution in [0, 0.1) is 13.8 Å². The zero-order valence-corrected chi connectivity index (χ0v) is 21.2. The van der Waals surface area contributed by atoms with Gasteiger partial charge in [-0.05, 0) is 55.8 Å². The van der Waals surface area contributed by atoms with Crippen LogP contribution in [0.2, 0.25) is 5.02 Å². The summed E-state index contributed by atoms with van der Waals surface area (Å²) in [6.45, 7) is 3.69. The van der Waals surface area contributed by atoms with Gasteiger partial charge in [0.1, 0.15) is 0 Å². The minimum absolute atomic E-state index is 0.00639. The molecule has 0 aliphatic heterocycles. The first-order valence-electron chi connectivity index (χ1n) is 10.4. The number of nitrogens with one attached hydrogen (secondary N) is 2. The van der Waals surface area contributed by atoms with E-state index in [0.29, 0.717) is 16.2 Å². The third-order valence-corrected chi connectivity index (χ3v) is 7.74. The summed E-state index contributed by atoms with van der Waals surface area (Å²) in [4.78, 5) is 32.5. The molecule has 8 nitrogen and oxygen atoms in total. The largest absolute Gasteiger partial charge is 0.325 e. The number of aryl methyl sites for hydroxylation is 2. The monoisotopic (exact) mass is 528 g/mol. The van der Waals surface area contributed by atoms with Crippen LogP contribution in [0.5, 0.6) is 0 Å². The van der Waals surface area contributed by atoms with E-state index in [4.69, 9.17) is 11.6 Å². The lowest BCUT2D eigenvalue weighted by Gasteiger charge is -2.15. The number of carbonyl (C=O) groups excluding carboxylic acids is 1. The van der Waals surface area contributed by atoms with Gasteiger partial charge in [0, 0.05) is 10.7 Å². The molecule has 1 amide bonds. The average molecular weight is 529 g/mol. The lowest BCUT2D eigenvalue weighted by molar-refractivity contribution is -0.113. The molecule has 0 saturated carbocycles. The Hall–Kier alpha value is -3.34. The van der Waals surface area contributed by atoms with E-state index in [9.17, 15) is 18.0 Å². The van der Waals surface area contributed by atoms with Crippen LogP contribution in [0.3, 0.4) is 0 Å². The molecule has 180 valence electrons. The van der Waals surface area contributed by atoms with Gasteiger partial charge < -0.3 is 5.32 Å². The molecule has 0 atom stereocenters. The Balaban J connectivity index is 1.64. The molecular weight excluding hydrogens is 508 g/mol. The van der Waals surface area contributed by atoms with Gasteiger partial charge in [-0.25, -0.2) is 9.82 Å². The Labute approximate surface area is 211 Å². The van der Waals surface area contributed by atoms with Crippen LogP contribution in [0.25, 0.3) is 10.9 Å². The van der Waals surface area contributed by atoms with Gasteiger partial charge in [0.2, 0.25) is 5.91 Å². The number of nitrogens with zero attached hydrogens (tertiary/aromatic N) is 2. The summed E-state index contributed by atoms with van der Waals surface area (Å²) in [6.07, 6.45) is 0. The molecule has 0 unspecified atom stereocenters. The number of hydrogen-bond acceptors (Lipinski definition) is 6. The maximum absolute atomic E-state index is 13.2. The molecule has 0 radical (unpaired) electrons. The second-order valence-corrected chi connectivity index (χ2v) is 10.8. The molecular formula is C24H21ClN4O4S2. The number of hydrogen-bond donors (Lipinski definition) is 2. The highest BCUT2D eigenvalue weighted by Crippen LogP contribution is 2.22. The van der Waals surface area contributed by atoms with Crippen molar-refractivity contribution < 1.29 is 13.2 Å². The van der Waals surface area contributed by atoms with Crippen molar-refractivity contribution in [3.05, 3.63) is 93.2 Å². The van der Waals surface area contributed by atoms with Gasteiger partial charge in [0.25, 0.3) is 15.6 Å². The maximum Gasteiger partial charge on any atom is 0.281 e. The number of amides is 1. The van der Waals surface area contributed by atoms with Gasteiger partial charge >= 0.3 is 0 Å². The zero-order chi connectivity index (χ0) is 25.2. The molecule has 0 aliphatic rings. The van der Waals surface area contributed by atoms with Gasteiger partial charge in [0.05, 0.1) is 21.6 Å². The van der Waals surface area contributed by atoms with Crippen molar-refractivity contribution in [1.82, 2.24) is 9.66 Å². The van der Waals surface area contributed by atoms with Crippen molar-refractivity contribution in [2.75, 3.05) is 15.9 Å². The Morgan fingerprint density at radius 2 is 1.77 bits per heavy atom. The second kappa shape index (κ2) is 10.1. The fourth-order valence-electron chi connectivity index (χ4n) is 3.18. The molecule has 2 N–H and O–H groups in total. The van der Waals surface area contributed by atoms with E-state index >= 15 is 0 Å². The number of thioether (sulfide) groups is 1. The van der Waals surface area contributed by atoms with Crippen LogP contribution in [-0.2, 0) is 14.8 Å². The number of carbonyl (C=O) groups is 1. The number of sulfonamides is 1. The van der Waals surface area contributed by atoms with Crippen molar-refractivity contribution in [2.45, 2.75) is 23.9 Å². The minimum Gasteiger partial charge on any atom is -0.325 e. The highest BCUT2D eigenvalue weighted by molar-refractivity contribution is 7.99. The first kappa shape index (κ1) is 24.8. The van der Waals surface area contributed by atoms with E-state index < -0.39 is 15.6 Å². The number of aromatic nitrogens is 2. The molecule has 0 fully saturated rings. The summed E-state index contributed by atoms with van der Waals surface area (Å²) in [5.41, 5.74) is 2.08. The standard InChI is InChI=1S/C24H21ClN4O4S2/c1-15-7-11-18(12-8-15)35(32,33)28-29-23(31)19-5-3-4-6-21(19)27-24(29)34-14-22(30)26-17-10-9-16(2)20(25)13-17/h3-13,28H,14H2,1-2H3,(H,26,30). The molecule has 0 bridgehead atoms. The van der Waals surface area contributed by atoms with Crippen LogP contribution < -0.4 is 15.7 Å². The summed E-state index contributed by atoms with van der Waals surface area (Å²) < 4.78 is 26.8. The molecule has 1 aromatic heterocycles. The van der Waals surface area contributed by atoms with Gasteiger partial charge in [-0.2, -0.15) is 13.1 Å². The van der Waals surface area contributed by atoms with Crippen molar-refractivity contribution in [3.63, 3.8) is 0 Å². The summed E-state index contributed by atoms with van der Waals surface area (Å²) in [5, 5.41) is 3.52. The van der Waals surface area contributed by atoms with E-state index in [1.807, 2.05) is 13.8 Å². The van der Waals surface area contributed by atoms with E-state index in [-0.39, 0.29) is 27.1 Å². The first-order chi connectivity index (χ1) is 16.6. The van der Waals surface area contributed by atoms with Crippen molar-refractivity contribution in [2.24, 2.45) is 0 Å². The third-order valence-electron chi connectivity index (χ3n) is 5.08. The number of benzene rings is 3. The van der Waals surface area contributed by atoms with E-state index in [0.717, 1.165) is 27.6 Å². The fraction of sp³-hybridized carbons (Fsp3) is 0.125. The Bertz CT molecular complexity index is 1590. The number of anilines is 1. The molecule has 35 heavy (non-hydrogen) atoms. The average Bonchev–Trinajstić information content (AvgIpc) is 2.82. The fourth-order valence-corrected chi connectivity index (χ4v) is 5.18. The topological polar surface area (TPSA) is 110 Å². The molecule has 0 saturated heterocycles. The van der Waals surface area contributed by atoms with Gasteiger partial charge in [-0.1, -0.05) is 59.3 Å². The van der Waals surface area contributed by atoms with Crippen LogP contribution in [0.4, 0.5) is 5.69 Å². The Morgan fingerprint density at radius 3 is 2.49 bits per heavy atom. The van der Waals surface area contributed by atoms with E-state index in [1.165, 1.54) is 12.1 Å². The number of fused-ring (bicyclic) bond motifs is 1. The number of halogens is 1. The number of rotatable bonds is 7. The highest BCUT2D eigenvalue weighted by Gasteiger charge is 2.20. The molecule has 0 spiro atoms. The predicted octanol–water partition coefficient (Wildman–Crippen LogP) is 4.33. The summed E-state index contributed by atoms with van der Waals surface area (Å²) in [7, 11) is -4.10. The molecule has 3 aromatic carbocycles.